The van der Waals surface area contributed by atoms with Crippen LogP contribution in [0.15, 0.2) is 23.0 Å². The highest BCUT2D eigenvalue weighted by Crippen LogP contribution is 2.04. The minimum Gasteiger partial charge on any atom is -0.472 e. The van der Waals surface area contributed by atoms with Crippen molar-refractivity contribution in [3.63, 3.8) is 0 Å². The summed E-state index contributed by atoms with van der Waals surface area (Å²) in [6, 6.07) is 1.83. The number of nitrogens with zero attached hydrogens (tertiary/aromatic N) is 2. The lowest BCUT2D eigenvalue weighted by molar-refractivity contribution is 0.180. The van der Waals surface area contributed by atoms with Crippen molar-refractivity contribution in [1.29, 1.82) is 0 Å². The van der Waals surface area contributed by atoms with Gasteiger partial charge in [-0.1, -0.05) is 0 Å². The Morgan fingerprint density at radius 3 is 2.62 bits per heavy atom. The molecule has 1 aromatic heterocycles. The summed E-state index contributed by atoms with van der Waals surface area (Å²) >= 11 is 0. The molecular formula is C9H14N2O2. The number of hydrogen-bond acceptors (Lipinski definition) is 2. The van der Waals surface area contributed by atoms with E-state index in [0.717, 1.165) is 5.56 Å². The molecule has 0 N–H and O–H groups in total. The van der Waals surface area contributed by atoms with Crippen LogP contribution < -0.4 is 0 Å². The van der Waals surface area contributed by atoms with Gasteiger partial charge < -0.3 is 14.2 Å². The van der Waals surface area contributed by atoms with Crippen molar-refractivity contribution in [2.75, 3.05) is 21.1 Å². The summed E-state index contributed by atoms with van der Waals surface area (Å²) in [6.07, 6.45) is 3.24. The Hall–Kier alpha value is -1.45. The number of rotatable bonds is 2. The van der Waals surface area contributed by atoms with E-state index in [0.29, 0.717) is 6.54 Å². The van der Waals surface area contributed by atoms with Gasteiger partial charge in [0.1, 0.15) is 0 Å². The molecular weight excluding hydrogens is 168 g/mol. The van der Waals surface area contributed by atoms with Crippen LogP contribution >= 0.6 is 0 Å². The smallest absolute Gasteiger partial charge is 0.319 e. The number of carbonyl (C=O) groups excluding carboxylic acids is 1. The van der Waals surface area contributed by atoms with E-state index in [1.807, 2.05) is 6.07 Å². The van der Waals surface area contributed by atoms with Crippen molar-refractivity contribution in [3.8, 4) is 0 Å². The molecule has 0 aliphatic rings. The van der Waals surface area contributed by atoms with Crippen molar-refractivity contribution in [2.24, 2.45) is 0 Å². The molecule has 72 valence electrons. The largest absolute Gasteiger partial charge is 0.472 e. The van der Waals surface area contributed by atoms with Gasteiger partial charge in [0.2, 0.25) is 0 Å². The van der Waals surface area contributed by atoms with Crippen molar-refractivity contribution in [3.05, 3.63) is 24.2 Å². The summed E-state index contributed by atoms with van der Waals surface area (Å²) in [6.45, 7) is 0.577. The molecule has 0 saturated carbocycles. The van der Waals surface area contributed by atoms with E-state index in [4.69, 9.17) is 4.42 Å². The molecule has 0 atom stereocenters. The zero-order valence-electron chi connectivity index (χ0n) is 8.15. The lowest BCUT2D eigenvalue weighted by Gasteiger charge is -2.20. The normalized spacial score (nSPS) is 9.77. The van der Waals surface area contributed by atoms with Crippen molar-refractivity contribution in [2.45, 2.75) is 6.54 Å². The molecule has 0 saturated heterocycles. The fourth-order valence-corrected chi connectivity index (χ4v) is 1.07. The minimum absolute atomic E-state index is 0.0128. The van der Waals surface area contributed by atoms with Crippen LogP contribution in [0, 0.1) is 0 Å². The van der Waals surface area contributed by atoms with Crippen LogP contribution in [0.1, 0.15) is 5.56 Å². The van der Waals surface area contributed by atoms with Gasteiger partial charge in [0.15, 0.2) is 0 Å². The predicted octanol–water partition coefficient (Wildman–Crippen LogP) is 1.39. The predicted molar refractivity (Wildman–Crippen MR) is 49.3 cm³/mol. The molecule has 0 spiro atoms. The summed E-state index contributed by atoms with van der Waals surface area (Å²) in [7, 11) is 5.22. The van der Waals surface area contributed by atoms with Crippen LogP contribution in [0.25, 0.3) is 0 Å². The highest BCUT2D eigenvalue weighted by Gasteiger charge is 2.10. The third-order valence-electron chi connectivity index (χ3n) is 1.71. The Kier molecular flexibility index (Phi) is 2.95. The third-order valence-corrected chi connectivity index (χ3v) is 1.71. The van der Waals surface area contributed by atoms with E-state index < -0.39 is 0 Å². The van der Waals surface area contributed by atoms with E-state index in [-0.39, 0.29) is 6.03 Å². The molecule has 0 unspecified atom stereocenters. The number of furan rings is 1. The van der Waals surface area contributed by atoms with Gasteiger partial charge in [0.05, 0.1) is 19.1 Å². The lowest BCUT2D eigenvalue weighted by atomic mass is 10.3. The molecule has 0 radical (unpaired) electrons. The molecule has 1 rings (SSSR count). The summed E-state index contributed by atoms with van der Waals surface area (Å²) in [4.78, 5) is 14.6. The maximum atomic E-state index is 11.4. The Balaban J connectivity index is 2.51. The van der Waals surface area contributed by atoms with Crippen LogP contribution in [0.3, 0.4) is 0 Å². The van der Waals surface area contributed by atoms with Crippen molar-refractivity contribution < 1.29 is 9.21 Å². The van der Waals surface area contributed by atoms with Gasteiger partial charge in [-0.25, -0.2) is 4.79 Å². The fraction of sp³-hybridized carbons (Fsp3) is 0.444. The first kappa shape index (κ1) is 9.64. The monoisotopic (exact) mass is 182 g/mol. The summed E-state index contributed by atoms with van der Waals surface area (Å²) in [5, 5.41) is 0. The van der Waals surface area contributed by atoms with Gasteiger partial charge in [-0.15, -0.1) is 0 Å². The van der Waals surface area contributed by atoms with Gasteiger partial charge in [-0.05, 0) is 6.07 Å². The minimum atomic E-state index is -0.0128. The second kappa shape index (κ2) is 3.98. The molecule has 1 aromatic rings. The van der Waals surface area contributed by atoms with Crippen molar-refractivity contribution in [1.82, 2.24) is 9.80 Å². The molecule has 4 nitrogen and oxygen atoms in total. The fourth-order valence-electron chi connectivity index (χ4n) is 1.07. The highest BCUT2D eigenvalue weighted by molar-refractivity contribution is 5.73. The molecule has 0 aromatic carbocycles. The van der Waals surface area contributed by atoms with Gasteiger partial charge >= 0.3 is 6.03 Å². The SMILES string of the molecule is CN(C)C(=O)N(C)Cc1ccoc1. The van der Waals surface area contributed by atoms with Crippen LogP contribution in [0.2, 0.25) is 0 Å². The van der Waals surface area contributed by atoms with Crippen LogP contribution in [-0.4, -0.2) is 37.0 Å². The second-order valence-corrected chi connectivity index (χ2v) is 3.16. The Labute approximate surface area is 77.7 Å². The Morgan fingerprint density at radius 1 is 1.46 bits per heavy atom. The zero-order valence-corrected chi connectivity index (χ0v) is 8.15. The summed E-state index contributed by atoms with van der Waals surface area (Å²) in [5.74, 6) is 0. The van der Waals surface area contributed by atoms with Gasteiger partial charge in [0.25, 0.3) is 0 Å². The topological polar surface area (TPSA) is 36.7 Å². The van der Waals surface area contributed by atoms with E-state index in [1.54, 1.807) is 43.5 Å². The first-order valence-corrected chi connectivity index (χ1v) is 4.04. The van der Waals surface area contributed by atoms with E-state index in [9.17, 15) is 4.79 Å². The number of carbonyl (C=O) groups is 1. The number of amides is 2. The van der Waals surface area contributed by atoms with Crippen LogP contribution in [-0.2, 0) is 6.54 Å². The Bertz CT molecular complexity index is 267. The number of urea groups is 1. The van der Waals surface area contributed by atoms with E-state index in [2.05, 4.69) is 0 Å². The first-order valence-electron chi connectivity index (χ1n) is 4.04. The standard InChI is InChI=1S/C9H14N2O2/c1-10(2)9(12)11(3)6-8-4-5-13-7-8/h4-5,7H,6H2,1-3H3. The molecule has 4 heteroatoms. The van der Waals surface area contributed by atoms with E-state index >= 15 is 0 Å². The highest BCUT2D eigenvalue weighted by atomic mass is 16.3. The zero-order chi connectivity index (χ0) is 9.84. The molecule has 1 heterocycles. The molecule has 13 heavy (non-hydrogen) atoms. The molecule has 0 aliphatic carbocycles. The maximum Gasteiger partial charge on any atom is 0.319 e. The first-order chi connectivity index (χ1) is 6.11. The average Bonchev–Trinajstić information content (AvgIpc) is 2.55. The maximum absolute atomic E-state index is 11.4. The number of hydrogen-bond donors (Lipinski definition) is 0. The van der Waals surface area contributed by atoms with Crippen LogP contribution in [0.4, 0.5) is 4.79 Å². The Morgan fingerprint density at radius 2 is 2.15 bits per heavy atom. The molecule has 2 amide bonds. The summed E-state index contributed by atoms with van der Waals surface area (Å²) in [5.41, 5.74) is 0.998. The molecule has 0 aliphatic heterocycles. The van der Waals surface area contributed by atoms with Gasteiger partial charge in [-0.3, -0.25) is 0 Å². The molecule has 0 bridgehead atoms. The third kappa shape index (κ3) is 2.50. The lowest BCUT2D eigenvalue weighted by Crippen LogP contribution is -2.35. The van der Waals surface area contributed by atoms with Crippen LogP contribution in [0.5, 0.6) is 0 Å². The van der Waals surface area contributed by atoms with Crippen molar-refractivity contribution >= 4 is 6.03 Å². The van der Waals surface area contributed by atoms with Gasteiger partial charge in [0, 0.05) is 26.7 Å². The van der Waals surface area contributed by atoms with Gasteiger partial charge in [-0.2, -0.15) is 0 Å². The average molecular weight is 182 g/mol. The molecule has 0 fully saturated rings. The second-order valence-electron chi connectivity index (χ2n) is 3.16. The summed E-state index contributed by atoms with van der Waals surface area (Å²) < 4.78 is 4.90. The van der Waals surface area contributed by atoms with E-state index in [1.165, 1.54) is 0 Å². The quantitative estimate of drug-likeness (QED) is 0.693.